The number of thioether (sulfide) groups is 1. The first-order valence-electron chi connectivity index (χ1n) is 6.28. The molecule has 9 heteroatoms. The number of amides is 1. The number of nitrogens with zero attached hydrogens (tertiary/aromatic N) is 3. The molecule has 7 nitrogen and oxygen atoms in total. The summed E-state index contributed by atoms with van der Waals surface area (Å²) in [5.74, 6) is 0. The molecule has 0 aliphatic carbocycles. The fourth-order valence-corrected chi connectivity index (χ4v) is 3.32. The predicted molar refractivity (Wildman–Crippen MR) is 85.4 cm³/mol. The summed E-state index contributed by atoms with van der Waals surface area (Å²) >= 11 is 1.03. The van der Waals surface area contributed by atoms with Crippen molar-refractivity contribution >= 4 is 32.7 Å². The van der Waals surface area contributed by atoms with E-state index in [1.165, 1.54) is 22.0 Å². The number of sulfonamides is 1. The maximum Gasteiger partial charge on any atom is 0.285 e. The van der Waals surface area contributed by atoms with Crippen LogP contribution in [0.4, 0.5) is 10.5 Å². The Hall–Kier alpha value is -2.00. The molecule has 22 heavy (non-hydrogen) atoms. The van der Waals surface area contributed by atoms with Gasteiger partial charge in [-0.2, -0.15) is 5.10 Å². The smallest absolute Gasteiger partial charge is 0.285 e. The fourth-order valence-electron chi connectivity index (χ4n) is 1.57. The molecule has 0 aliphatic heterocycles. The van der Waals surface area contributed by atoms with Gasteiger partial charge in [0.15, 0.2) is 0 Å². The summed E-state index contributed by atoms with van der Waals surface area (Å²) in [6.45, 7) is 0. The highest BCUT2D eigenvalue weighted by molar-refractivity contribution is 8.13. The number of aryl methyl sites for hydroxylation is 1. The Balaban J connectivity index is 2.18. The van der Waals surface area contributed by atoms with Crippen molar-refractivity contribution in [3.8, 4) is 0 Å². The van der Waals surface area contributed by atoms with Crippen molar-refractivity contribution in [2.75, 3.05) is 18.8 Å². The number of aromatic nitrogens is 2. The van der Waals surface area contributed by atoms with E-state index < -0.39 is 10.0 Å². The quantitative estimate of drug-likeness (QED) is 0.861. The standard InChI is InChI=1S/C13H16N4O3S2/c1-16(2)13(18)21-11-6-4-5-10(7-11)15-22(19,20)12-8-14-17(3)9-12/h4-9,15H,1-3H3. The van der Waals surface area contributed by atoms with Gasteiger partial charge in [0.1, 0.15) is 4.90 Å². The third-order valence-electron chi connectivity index (χ3n) is 2.65. The number of nitrogens with one attached hydrogen (secondary N) is 1. The lowest BCUT2D eigenvalue weighted by Crippen LogP contribution is -2.16. The second-order valence-corrected chi connectivity index (χ2v) is 7.45. The van der Waals surface area contributed by atoms with E-state index in [0.29, 0.717) is 10.6 Å². The van der Waals surface area contributed by atoms with Gasteiger partial charge in [-0.05, 0) is 30.0 Å². The molecule has 1 N–H and O–H groups in total. The molecule has 0 atom stereocenters. The van der Waals surface area contributed by atoms with Gasteiger partial charge in [0.25, 0.3) is 15.3 Å². The molecular weight excluding hydrogens is 324 g/mol. The van der Waals surface area contributed by atoms with Crippen LogP contribution >= 0.6 is 11.8 Å². The van der Waals surface area contributed by atoms with Gasteiger partial charge >= 0.3 is 0 Å². The van der Waals surface area contributed by atoms with Crippen molar-refractivity contribution in [2.24, 2.45) is 7.05 Å². The summed E-state index contributed by atoms with van der Waals surface area (Å²) < 4.78 is 28.3. The SMILES string of the molecule is CN(C)C(=O)Sc1cccc(NS(=O)(=O)c2cnn(C)c2)c1. The zero-order valence-corrected chi connectivity index (χ0v) is 14.0. The summed E-state index contributed by atoms with van der Waals surface area (Å²) in [6, 6.07) is 6.67. The molecule has 0 bridgehead atoms. The Morgan fingerprint density at radius 2 is 2.09 bits per heavy atom. The number of carbonyl (C=O) groups is 1. The molecule has 1 aromatic carbocycles. The Labute approximate surface area is 133 Å². The number of hydrogen-bond acceptors (Lipinski definition) is 5. The summed E-state index contributed by atoms with van der Waals surface area (Å²) in [7, 11) is 1.26. The van der Waals surface area contributed by atoms with Crippen LogP contribution in [0.1, 0.15) is 0 Å². The molecule has 0 radical (unpaired) electrons. The third-order valence-corrected chi connectivity index (χ3v) is 5.01. The van der Waals surface area contributed by atoms with E-state index in [2.05, 4.69) is 9.82 Å². The molecule has 1 heterocycles. The first-order chi connectivity index (χ1) is 10.3. The molecule has 2 aromatic rings. The lowest BCUT2D eigenvalue weighted by atomic mass is 10.3. The minimum Gasteiger partial charge on any atom is -0.339 e. The average molecular weight is 340 g/mol. The average Bonchev–Trinajstić information content (AvgIpc) is 2.86. The van der Waals surface area contributed by atoms with Crippen molar-refractivity contribution in [3.05, 3.63) is 36.7 Å². The van der Waals surface area contributed by atoms with Gasteiger partial charge in [0.05, 0.1) is 6.20 Å². The molecule has 0 saturated heterocycles. The Bertz CT molecular complexity index is 784. The van der Waals surface area contributed by atoms with Crippen LogP contribution in [-0.2, 0) is 17.1 Å². The highest BCUT2D eigenvalue weighted by Crippen LogP contribution is 2.25. The van der Waals surface area contributed by atoms with Crippen LogP contribution in [0.3, 0.4) is 0 Å². The molecule has 118 valence electrons. The van der Waals surface area contributed by atoms with Gasteiger partial charge < -0.3 is 4.90 Å². The van der Waals surface area contributed by atoms with Crippen molar-refractivity contribution in [2.45, 2.75) is 9.79 Å². The molecule has 0 fully saturated rings. The van der Waals surface area contributed by atoms with Crippen LogP contribution in [0.25, 0.3) is 0 Å². The van der Waals surface area contributed by atoms with Crippen molar-refractivity contribution in [1.82, 2.24) is 14.7 Å². The normalized spacial score (nSPS) is 11.2. The molecule has 0 saturated carbocycles. The first-order valence-corrected chi connectivity index (χ1v) is 8.58. The van der Waals surface area contributed by atoms with E-state index in [1.807, 2.05) is 0 Å². The van der Waals surface area contributed by atoms with Crippen LogP contribution in [0, 0.1) is 0 Å². The van der Waals surface area contributed by atoms with Gasteiger partial charge in [0.2, 0.25) is 0 Å². The van der Waals surface area contributed by atoms with E-state index in [9.17, 15) is 13.2 Å². The van der Waals surface area contributed by atoms with E-state index in [-0.39, 0.29) is 10.1 Å². The van der Waals surface area contributed by atoms with Gasteiger partial charge in [-0.15, -0.1) is 0 Å². The fraction of sp³-hybridized carbons (Fsp3) is 0.231. The number of hydrogen-bond donors (Lipinski definition) is 1. The molecule has 1 aromatic heterocycles. The summed E-state index contributed by atoms with van der Waals surface area (Å²) in [5, 5.41) is 3.71. The lowest BCUT2D eigenvalue weighted by molar-refractivity contribution is 0.241. The second-order valence-electron chi connectivity index (χ2n) is 4.75. The van der Waals surface area contributed by atoms with Gasteiger partial charge in [-0.1, -0.05) is 6.07 Å². The maximum absolute atomic E-state index is 12.2. The largest absolute Gasteiger partial charge is 0.339 e. The van der Waals surface area contributed by atoms with Gasteiger partial charge in [-0.25, -0.2) is 8.42 Å². The van der Waals surface area contributed by atoms with Crippen LogP contribution in [-0.4, -0.2) is 42.4 Å². The lowest BCUT2D eigenvalue weighted by Gasteiger charge is -2.10. The molecular formula is C13H16N4O3S2. The Morgan fingerprint density at radius 3 is 2.68 bits per heavy atom. The van der Waals surface area contributed by atoms with Crippen LogP contribution in [0.15, 0.2) is 46.5 Å². The number of carbonyl (C=O) groups excluding carboxylic acids is 1. The van der Waals surface area contributed by atoms with Crippen molar-refractivity contribution < 1.29 is 13.2 Å². The van der Waals surface area contributed by atoms with Crippen molar-refractivity contribution in [3.63, 3.8) is 0 Å². The topological polar surface area (TPSA) is 84.3 Å². The summed E-state index contributed by atoms with van der Waals surface area (Å²) in [6.07, 6.45) is 2.69. The molecule has 2 rings (SSSR count). The highest BCUT2D eigenvalue weighted by atomic mass is 32.2. The van der Waals surface area contributed by atoms with E-state index in [4.69, 9.17) is 0 Å². The monoisotopic (exact) mass is 340 g/mol. The first kappa shape index (κ1) is 16.4. The second kappa shape index (κ2) is 6.41. The minimum atomic E-state index is -3.69. The van der Waals surface area contributed by atoms with Crippen LogP contribution in [0.5, 0.6) is 0 Å². The third kappa shape index (κ3) is 4.01. The molecule has 1 amide bonds. The minimum absolute atomic E-state index is 0.0809. The van der Waals surface area contributed by atoms with Crippen molar-refractivity contribution in [1.29, 1.82) is 0 Å². The van der Waals surface area contributed by atoms with E-state index in [1.54, 1.807) is 45.4 Å². The predicted octanol–water partition coefficient (Wildman–Crippen LogP) is 1.99. The summed E-state index contributed by atoms with van der Waals surface area (Å²) in [4.78, 5) is 13.9. The number of benzene rings is 1. The van der Waals surface area contributed by atoms with E-state index >= 15 is 0 Å². The van der Waals surface area contributed by atoms with Crippen LogP contribution in [0.2, 0.25) is 0 Å². The zero-order valence-electron chi connectivity index (χ0n) is 12.3. The number of rotatable bonds is 4. The van der Waals surface area contributed by atoms with Gasteiger partial charge in [-0.3, -0.25) is 14.2 Å². The van der Waals surface area contributed by atoms with Crippen LogP contribution < -0.4 is 4.72 Å². The van der Waals surface area contributed by atoms with E-state index in [0.717, 1.165) is 11.8 Å². The Morgan fingerprint density at radius 1 is 1.36 bits per heavy atom. The molecule has 0 aliphatic rings. The van der Waals surface area contributed by atoms with Gasteiger partial charge in [0, 0.05) is 37.9 Å². The number of anilines is 1. The Kier molecular flexibility index (Phi) is 4.77. The molecule has 0 spiro atoms. The maximum atomic E-state index is 12.2. The zero-order chi connectivity index (χ0) is 16.3. The summed E-state index contributed by atoms with van der Waals surface area (Å²) in [5.41, 5.74) is 0.389. The molecule has 0 unspecified atom stereocenters. The highest BCUT2D eigenvalue weighted by Gasteiger charge is 2.16.